The molecule has 0 saturated heterocycles. The molecule has 0 heterocycles. The number of hydrogen-bond acceptors (Lipinski definition) is 6. The van der Waals surface area contributed by atoms with E-state index >= 15 is 0 Å². The fraction of sp³-hybridized carbons (Fsp3) is 0.780. The maximum Gasteiger partial charge on any atom is 0.306 e. The van der Waals surface area contributed by atoms with E-state index < -0.39 is 6.10 Å². The van der Waals surface area contributed by atoms with Gasteiger partial charge in [-0.1, -0.05) is 236 Å². The molecule has 6 nitrogen and oxygen atoms in total. The van der Waals surface area contributed by atoms with Crippen LogP contribution in [0.2, 0.25) is 0 Å². The minimum Gasteiger partial charge on any atom is -0.462 e. The molecule has 1 unspecified atom stereocenters. The third-order valence-electron chi connectivity index (χ3n) is 12.0. The van der Waals surface area contributed by atoms with Gasteiger partial charge in [-0.3, -0.25) is 14.4 Å². The predicted octanol–water partition coefficient (Wildman–Crippen LogP) is 18.4. The van der Waals surface area contributed by atoms with Gasteiger partial charge in [0.05, 0.1) is 0 Å². The lowest BCUT2D eigenvalue weighted by atomic mass is 10.0. The smallest absolute Gasteiger partial charge is 0.306 e. The maximum atomic E-state index is 12.8. The molecule has 0 radical (unpaired) electrons. The molecule has 0 aromatic heterocycles. The quantitative estimate of drug-likeness (QED) is 0.0262. The summed E-state index contributed by atoms with van der Waals surface area (Å²) in [7, 11) is 0. The van der Waals surface area contributed by atoms with Gasteiger partial charge < -0.3 is 14.2 Å². The van der Waals surface area contributed by atoms with Crippen molar-refractivity contribution in [2.75, 3.05) is 13.2 Å². The largest absolute Gasteiger partial charge is 0.462 e. The minimum absolute atomic E-state index is 0.0851. The highest BCUT2D eigenvalue weighted by Gasteiger charge is 2.19. The molecule has 65 heavy (non-hydrogen) atoms. The zero-order valence-electron chi connectivity index (χ0n) is 43.0. The van der Waals surface area contributed by atoms with Crippen LogP contribution in [0, 0.1) is 0 Å². The second-order valence-electron chi connectivity index (χ2n) is 18.5. The number of carbonyl (C=O) groups excluding carboxylic acids is 3. The van der Waals surface area contributed by atoms with Crippen molar-refractivity contribution in [3.8, 4) is 0 Å². The Bertz CT molecular complexity index is 1180. The zero-order chi connectivity index (χ0) is 47.2. The number of esters is 3. The topological polar surface area (TPSA) is 78.9 Å². The highest BCUT2D eigenvalue weighted by Crippen LogP contribution is 2.16. The molecule has 0 aliphatic rings. The number of rotatable bonds is 50. The van der Waals surface area contributed by atoms with E-state index in [9.17, 15) is 14.4 Å². The van der Waals surface area contributed by atoms with Gasteiger partial charge in [-0.2, -0.15) is 0 Å². The van der Waals surface area contributed by atoms with Crippen LogP contribution in [-0.2, 0) is 28.6 Å². The molecule has 0 bridgehead atoms. The highest BCUT2D eigenvalue weighted by molar-refractivity contribution is 5.71. The molecule has 1 atom stereocenters. The average Bonchev–Trinajstić information content (AvgIpc) is 3.30. The van der Waals surface area contributed by atoms with E-state index in [-0.39, 0.29) is 31.1 Å². The number of ether oxygens (including phenoxy) is 3. The molecule has 0 saturated carbocycles. The summed E-state index contributed by atoms with van der Waals surface area (Å²) in [5.41, 5.74) is 0. The average molecular weight is 909 g/mol. The monoisotopic (exact) mass is 909 g/mol. The second-order valence-corrected chi connectivity index (χ2v) is 18.5. The van der Waals surface area contributed by atoms with Crippen molar-refractivity contribution in [3.63, 3.8) is 0 Å². The maximum absolute atomic E-state index is 12.8. The van der Waals surface area contributed by atoms with Crippen molar-refractivity contribution in [1.82, 2.24) is 0 Å². The summed E-state index contributed by atoms with van der Waals surface area (Å²) in [4.78, 5) is 38.1. The number of allylic oxidation sites excluding steroid dienone is 10. The fourth-order valence-corrected chi connectivity index (χ4v) is 7.84. The summed E-state index contributed by atoms with van der Waals surface area (Å²) in [6.07, 6.45) is 66.3. The van der Waals surface area contributed by atoms with Crippen LogP contribution in [0.3, 0.4) is 0 Å². The minimum atomic E-state index is -0.785. The Morgan fingerprint density at radius 2 is 0.600 bits per heavy atom. The summed E-state index contributed by atoms with van der Waals surface area (Å²) in [5.74, 6) is -0.904. The zero-order valence-corrected chi connectivity index (χ0v) is 43.0. The van der Waals surface area contributed by atoms with Gasteiger partial charge >= 0.3 is 17.9 Å². The van der Waals surface area contributed by atoms with Crippen molar-refractivity contribution in [2.45, 2.75) is 284 Å². The van der Waals surface area contributed by atoms with Gasteiger partial charge in [0.1, 0.15) is 13.2 Å². The Morgan fingerprint density at radius 1 is 0.323 bits per heavy atom. The van der Waals surface area contributed by atoms with Crippen molar-refractivity contribution >= 4 is 17.9 Å². The Balaban J connectivity index is 4.41. The summed E-state index contributed by atoms with van der Waals surface area (Å²) >= 11 is 0. The first-order chi connectivity index (χ1) is 32.0. The molecule has 0 aromatic rings. The van der Waals surface area contributed by atoms with Crippen LogP contribution >= 0.6 is 0 Å². The highest BCUT2D eigenvalue weighted by atomic mass is 16.6. The molecule has 0 aromatic carbocycles. The molecule has 0 rings (SSSR count). The molecule has 376 valence electrons. The van der Waals surface area contributed by atoms with Crippen LogP contribution < -0.4 is 0 Å². The Kier molecular flexibility index (Phi) is 51.3. The molecule has 0 spiro atoms. The molecular weight excluding hydrogens is 805 g/mol. The SMILES string of the molecule is CC/C=C\C/C=C\C/C=C\CCCCCCCC(=O)OCC(COC(=O)CCCCCCC/C=C\C/C=C\CCCCCC)OC(=O)CCCCCCCCCCCCCCCCCC. The number of carbonyl (C=O) groups is 3. The lowest BCUT2D eigenvalue weighted by molar-refractivity contribution is -0.167. The van der Waals surface area contributed by atoms with E-state index in [2.05, 4.69) is 81.5 Å². The Labute approximate surface area is 402 Å². The van der Waals surface area contributed by atoms with Gasteiger partial charge in [0.15, 0.2) is 6.10 Å². The summed E-state index contributed by atoms with van der Waals surface area (Å²) in [6.45, 7) is 6.51. The van der Waals surface area contributed by atoms with Crippen molar-refractivity contribution in [1.29, 1.82) is 0 Å². The van der Waals surface area contributed by atoms with E-state index in [0.717, 1.165) is 116 Å². The van der Waals surface area contributed by atoms with Crippen LogP contribution in [0.5, 0.6) is 0 Å². The summed E-state index contributed by atoms with van der Waals surface area (Å²) < 4.78 is 16.8. The summed E-state index contributed by atoms with van der Waals surface area (Å²) in [5, 5.41) is 0. The van der Waals surface area contributed by atoms with Gasteiger partial charge in [0.2, 0.25) is 0 Å². The van der Waals surface area contributed by atoms with Crippen molar-refractivity contribution in [2.24, 2.45) is 0 Å². The van der Waals surface area contributed by atoms with Gasteiger partial charge in [-0.05, 0) is 83.5 Å². The summed E-state index contributed by atoms with van der Waals surface area (Å²) in [6, 6.07) is 0. The lowest BCUT2D eigenvalue weighted by Gasteiger charge is -2.18. The van der Waals surface area contributed by atoms with E-state index in [1.807, 2.05) is 0 Å². The second kappa shape index (κ2) is 53.7. The molecule has 0 amide bonds. The standard InChI is InChI=1S/C59H104O6/c1-4-7-10-13-16-19-22-25-28-31-34-37-40-43-46-49-52-58(61)64-55-56(54-63-57(60)51-48-45-42-39-36-33-30-27-24-21-18-15-12-9-6-3)65-59(62)53-50-47-44-41-38-35-32-29-26-23-20-17-14-11-8-5-2/h9,12,18-19,21-22,27-28,30-31,56H,4-8,10-11,13-17,20,23-26,29,32-55H2,1-3H3/b12-9-,21-18-,22-19-,30-27-,31-28-. The first kappa shape index (κ1) is 62.1. The van der Waals surface area contributed by atoms with Crippen LogP contribution in [0.15, 0.2) is 60.8 Å². The van der Waals surface area contributed by atoms with Crippen LogP contribution in [0.1, 0.15) is 278 Å². The van der Waals surface area contributed by atoms with Crippen LogP contribution in [0.25, 0.3) is 0 Å². The lowest BCUT2D eigenvalue weighted by Crippen LogP contribution is -2.30. The molecule has 0 N–H and O–H groups in total. The van der Waals surface area contributed by atoms with E-state index in [4.69, 9.17) is 14.2 Å². The fourth-order valence-electron chi connectivity index (χ4n) is 7.84. The molecule has 0 aliphatic heterocycles. The van der Waals surface area contributed by atoms with Crippen LogP contribution in [-0.4, -0.2) is 37.2 Å². The van der Waals surface area contributed by atoms with Gasteiger partial charge in [-0.25, -0.2) is 0 Å². The van der Waals surface area contributed by atoms with Crippen molar-refractivity contribution in [3.05, 3.63) is 60.8 Å². The third-order valence-corrected chi connectivity index (χ3v) is 12.0. The van der Waals surface area contributed by atoms with E-state index in [0.29, 0.717) is 19.3 Å². The number of hydrogen-bond donors (Lipinski definition) is 0. The third kappa shape index (κ3) is 51.9. The molecule has 6 heteroatoms. The van der Waals surface area contributed by atoms with Gasteiger partial charge in [0.25, 0.3) is 0 Å². The first-order valence-electron chi connectivity index (χ1n) is 27.8. The molecule has 0 aliphatic carbocycles. The Morgan fingerprint density at radius 3 is 0.954 bits per heavy atom. The van der Waals surface area contributed by atoms with Crippen LogP contribution in [0.4, 0.5) is 0 Å². The number of unbranched alkanes of at least 4 members (excludes halogenated alkanes) is 29. The normalized spacial score (nSPS) is 12.5. The van der Waals surface area contributed by atoms with Gasteiger partial charge in [0, 0.05) is 19.3 Å². The molecular formula is C59H104O6. The van der Waals surface area contributed by atoms with E-state index in [1.165, 1.54) is 122 Å². The Hall–Kier alpha value is -2.89. The molecule has 0 fully saturated rings. The van der Waals surface area contributed by atoms with Crippen molar-refractivity contribution < 1.29 is 28.6 Å². The first-order valence-corrected chi connectivity index (χ1v) is 27.8. The predicted molar refractivity (Wildman–Crippen MR) is 279 cm³/mol. The van der Waals surface area contributed by atoms with Gasteiger partial charge in [-0.15, -0.1) is 0 Å². The van der Waals surface area contributed by atoms with E-state index in [1.54, 1.807) is 0 Å².